The van der Waals surface area contributed by atoms with Gasteiger partial charge in [-0.25, -0.2) is 14.4 Å². The maximum Gasteiger partial charge on any atom is 0.162 e. The molecule has 152 valence electrons. The zero-order chi connectivity index (χ0) is 21.0. The Morgan fingerprint density at radius 1 is 0.839 bits per heavy atom. The van der Waals surface area contributed by atoms with Gasteiger partial charge in [0.15, 0.2) is 5.82 Å². The van der Waals surface area contributed by atoms with Gasteiger partial charge in [0.1, 0.15) is 11.6 Å². The third kappa shape index (κ3) is 4.03. The summed E-state index contributed by atoms with van der Waals surface area (Å²) in [6, 6.07) is 26.5. The van der Waals surface area contributed by atoms with Gasteiger partial charge in [-0.1, -0.05) is 60.7 Å². The number of halogens is 1. The molecule has 5 heteroatoms. The molecule has 2 heterocycles. The summed E-state index contributed by atoms with van der Waals surface area (Å²) < 4.78 is 14.4. The summed E-state index contributed by atoms with van der Waals surface area (Å²) in [5.74, 6) is 0.938. The van der Waals surface area contributed by atoms with Crippen LogP contribution in [0.2, 0.25) is 0 Å². The summed E-state index contributed by atoms with van der Waals surface area (Å²) in [7, 11) is 0. The monoisotopic (exact) mass is 408 g/mol. The molecule has 0 spiro atoms. The molecule has 5 aromatic rings. The second-order valence-electron chi connectivity index (χ2n) is 7.34. The van der Waals surface area contributed by atoms with Gasteiger partial charge in [0.2, 0.25) is 0 Å². The average Bonchev–Trinajstić information content (AvgIpc) is 3.23. The number of H-pyrrole nitrogens is 1. The summed E-state index contributed by atoms with van der Waals surface area (Å²) in [5, 5.41) is 4.63. The molecule has 0 aliphatic carbocycles. The van der Waals surface area contributed by atoms with Crippen LogP contribution in [0.3, 0.4) is 0 Å². The molecule has 0 saturated carbocycles. The summed E-state index contributed by atoms with van der Waals surface area (Å²) in [4.78, 5) is 12.6. The molecule has 0 bridgehead atoms. The highest BCUT2D eigenvalue weighted by Gasteiger charge is 2.12. The number of hydrogen-bond donors (Lipinski definition) is 2. The fourth-order valence-electron chi connectivity index (χ4n) is 3.72. The lowest BCUT2D eigenvalue weighted by Gasteiger charge is -2.11. The van der Waals surface area contributed by atoms with Gasteiger partial charge in [-0.05, 0) is 30.2 Å². The smallest absolute Gasteiger partial charge is 0.162 e. The zero-order valence-electron chi connectivity index (χ0n) is 16.8. The van der Waals surface area contributed by atoms with E-state index in [1.54, 1.807) is 18.2 Å². The van der Waals surface area contributed by atoms with Gasteiger partial charge in [-0.2, -0.15) is 0 Å². The minimum atomic E-state index is -0.301. The standard InChI is InChI=1S/C26H21FN4/c27-22-12-6-4-11-21(22)24-16-25(31-26(30-24)18-8-2-1-3-9-18)28-15-14-19-17-29-23-13-7-5-10-20(19)23/h1-13,16-17,29H,14-15H2,(H,28,30,31). The van der Waals surface area contributed by atoms with Crippen LogP contribution >= 0.6 is 0 Å². The van der Waals surface area contributed by atoms with Crippen molar-refractivity contribution in [1.29, 1.82) is 0 Å². The topological polar surface area (TPSA) is 53.6 Å². The van der Waals surface area contributed by atoms with E-state index in [2.05, 4.69) is 32.4 Å². The molecule has 5 rings (SSSR count). The molecule has 2 N–H and O–H groups in total. The third-order valence-electron chi connectivity index (χ3n) is 5.28. The highest BCUT2D eigenvalue weighted by Crippen LogP contribution is 2.26. The number of aromatic nitrogens is 3. The molecule has 4 nitrogen and oxygen atoms in total. The maximum atomic E-state index is 14.4. The summed E-state index contributed by atoms with van der Waals surface area (Å²) in [6.45, 7) is 0.698. The highest BCUT2D eigenvalue weighted by molar-refractivity contribution is 5.83. The summed E-state index contributed by atoms with van der Waals surface area (Å²) in [6.07, 6.45) is 2.89. The molecule has 0 radical (unpaired) electrons. The number of para-hydroxylation sites is 1. The van der Waals surface area contributed by atoms with Crippen molar-refractivity contribution in [2.45, 2.75) is 6.42 Å². The fraction of sp³-hybridized carbons (Fsp3) is 0.0769. The van der Waals surface area contributed by atoms with Crippen molar-refractivity contribution in [1.82, 2.24) is 15.0 Å². The first-order valence-corrected chi connectivity index (χ1v) is 10.3. The van der Waals surface area contributed by atoms with Gasteiger partial charge in [-0.15, -0.1) is 0 Å². The van der Waals surface area contributed by atoms with E-state index in [1.807, 2.05) is 54.7 Å². The SMILES string of the molecule is Fc1ccccc1-c1cc(NCCc2c[nH]c3ccccc23)nc(-c2ccccc2)n1. The minimum Gasteiger partial charge on any atom is -0.370 e. The maximum absolute atomic E-state index is 14.4. The molecule has 0 aliphatic heterocycles. The number of nitrogens with one attached hydrogen (secondary N) is 2. The van der Waals surface area contributed by atoms with Gasteiger partial charge in [0.25, 0.3) is 0 Å². The fourth-order valence-corrected chi connectivity index (χ4v) is 3.72. The molecule has 0 amide bonds. The number of hydrogen-bond acceptors (Lipinski definition) is 3. The quantitative estimate of drug-likeness (QED) is 0.358. The van der Waals surface area contributed by atoms with Crippen molar-refractivity contribution in [3.05, 3.63) is 103 Å². The van der Waals surface area contributed by atoms with Crippen LogP contribution in [0.1, 0.15) is 5.56 Å². The van der Waals surface area contributed by atoms with Crippen molar-refractivity contribution >= 4 is 16.7 Å². The van der Waals surface area contributed by atoms with E-state index in [0.717, 1.165) is 17.5 Å². The molecule has 0 fully saturated rings. The highest BCUT2D eigenvalue weighted by atomic mass is 19.1. The first kappa shape index (κ1) is 19.0. The number of nitrogens with zero attached hydrogens (tertiary/aromatic N) is 2. The van der Waals surface area contributed by atoms with Gasteiger partial charge in [-0.3, -0.25) is 0 Å². The van der Waals surface area contributed by atoms with Crippen LogP contribution in [0.4, 0.5) is 10.2 Å². The Labute approximate surface area is 179 Å². The van der Waals surface area contributed by atoms with Crippen molar-refractivity contribution in [2.75, 3.05) is 11.9 Å². The second kappa shape index (κ2) is 8.40. The van der Waals surface area contributed by atoms with Crippen LogP contribution in [0, 0.1) is 5.82 Å². The minimum absolute atomic E-state index is 0.301. The molecular formula is C26H21FN4. The predicted molar refractivity (Wildman–Crippen MR) is 123 cm³/mol. The molecule has 2 aromatic heterocycles. The number of benzene rings is 3. The Bertz CT molecular complexity index is 1330. The van der Waals surface area contributed by atoms with Crippen LogP contribution in [0.5, 0.6) is 0 Å². The van der Waals surface area contributed by atoms with Crippen molar-refractivity contribution < 1.29 is 4.39 Å². The van der Waals surface area contributed by atoms with E-state index >= 15 is 0 Å². The zero-order valence-corrected chi connectivity index (χ0v) is 16.8. The van der Waals surface area contributed by atoms with Crippen molar-refractivity contribution in [3.8, 4) is 22.6 Å². The number of rotatable bonds is 6. The summed E-state index contributed by atoms with van der Waals surface area (Å²) >= 11 is 0. The Kier molecular flexibility index (Phi) is 5.15. The molecule has 0 unspecified atom stereocenters. The van der Waals surface area contributed by atoms with Crippen LogP contribution in [-0.2, 0) is 6.42 Å². The Balaban J connectivity index is 1.44. The van der Waals surface area contributed by atoms with Crippen molar-refractivity contribution in [2.24, 2.45) is 0 Å². The molecule has 0 saturated heterocycles. The lowest BCUT2D eigenvalue weighted by atomic mass is 10.1. The molecule has 0 aliphatic rings. The van der Waals surface area contributed by atoms with Crippen LogP contribution < -0.4 is 5.32 Å². The third-order valence-corrected chi connectivity index (χ3v) is 5.28. The first-order chi connectivity index (χ1) is 15.3. The Hall–Kier alpha value is -3.99. The number of fused-ring (bicyclic) bond motifs is 1. The van der Waals surface area contributed by atoms with E-state index in [0.29, 0.717) is 29.4 Å². The van der Waals surface area contributed by atoms with Crippen LogP contribution in [0.25, 0.3) is 33.5 Å². The molecular weight excluding hydrogens is 387 g/mol. The Morgan fingerprint density at radius 2 is 1.61 bits per heavy atom. The van der Waals surface area contributed by atoms with Gasteiger partial charge in [0, 0.05) is 40.8 Å². The number of aromatic amines is 1. The van der Waals surface area contributed by atoms with Crippen LogP contribution in [-0.4, -0.2) is 21.5 Å². The van der Waals surface area contributed by atoms with Crippen LogP contribution in [0.15, 0.2) is 91.1 Å². The lowest BCUT2D eigenvalue weighted by Crippen LogP contribution is -2.08. The number of anilines is 1. The Morgan fingerprint density at radius 3 is 2.48 bits per heavy atom. The van der Waals surface area contributed by atoms with E-state index in [1.165, 1.54) is 17.0 Å². The van der Waals surface area contributed by atoms with E-state index < -0.39 is 0 Å². The normalized spacial score (nSPS) is 11.0. The van der Waals surface area contributed by atoms with Gasteiger partial charge < -0.3 is 10.3 Å². The van der Waals surface area contributed by atoms with Gasteiger partial charge >= 0.3 is 0 Å². The van der Waals surface area contributed by atoms with Gasteiger partial charge in [0.05, 0.1) is 5.69 Å². The summed E-state index contributed by atoms with van der Waals surface area (Å²) in [5.41, 5.74) is 4.28. The second-order valence-corrected chi connectivity index (χ2v) is 7.34. The first-order valence-electron chi connectivity index (χ1n) is 10.3. The largest absolute Gasteiger partial charge is 0.370 e. The van der Waals surface area contributed by atoms with E-state index in [9.17, 15) is 4.39 Å². The van der Waals surface area contributed by atoms with E-state index in [4.69, 9.17) is 0 Å². The average molecular weight is 408 g/mol. The van der Waals surface area contributed by atoms with E-state index in [-0.39, 0.29) is 5.82 Å². The lowest BCUT2D eigenvalue weighted by molar-refractivity contribution is 0.630. The predicted octanol–water partition coefficient (Wildman–Crippen LogP) is 6.09. The van der Waals surface area contributed by atoms with Crippen molar-refractivity contribution in [3.63, 3.8) is 0 Å². The molecule has 0 atom stereocenters. The molecule has 31 heavy (non-hydrogen) atoms. The molecule has 3 aromatic carbocycles.